The molecule has 0 bridgehead atoms. The Kier molecular flexibility index (Phi) is 1.92. The summed E-state index contributed by atoms with van der Waals surface area (Å²) in [5.41, 5.74) is -1.54. The normalized spacial score (nSPS) is 25.2. The van der Waals surface area contributed by atoms with Gasteiger partial charge in [0, 0.05) is 17.2 Å². The fraction of sp³-hybridized carbons (Fsp3) is 0.636. The first-order valence-electron chi connectivity index (χ1n) is 6.90. The van der Waals surface area contributed by atoms with Crippen molar-refractivity contribution in [2.24, 2.45) is 6.98 Å². The molecular weight excluding hydrogens is 219 g/mol. The van der Waals surface area contributed by atoms with Gasteiger partial charge >= 0.3 is 7.12 Å². The fourth-order valence-electron chi connectivity index (χ4n) is 1.51. The Balaban J connectivity index is 2.40. The van der Waals surface area contributed by atoms with Crippen LogP contribution in [0.15, 0.2) is 16.9 Å². The molecular formula is C11H17BN2O3. The van der Waals surface area contributed by atoms with Gasteiger partial charge in [-0.3, -0.25) is 4.79 Å². The maximum Gasteiger partial charge on any atom is 0.516 e. The highest BCUT2D eigenvalue weighted by molar-refractivity contribution is 6.61. The zero-order valence-electron chi connectivity index (χ0n) is 13.4. The minimum Gasteiger partial charge on any atom is -0.398 e. The van der Waals surface area contributed by atoms with E-state index in [4.69, 9.17) is 13.4 Å². The molecule has 5 nitrogen and oxygen atoms in total. The summed E-state index contributed by atoms with van der Waals surface area (Å²) in [5.74, 6) is 0. The van der Waals surface area contributed by atoms with Crippen LogP contribution < -0.4 is 11.2 Å². The van der Waals surface area contributed by atoms with Crippen LogP contribution in [0, 0.1) is 0 Å². The Morgan fingerprint density at radius 2 is 1.88 bits per heavy atom. The van der Waals surface area contributed by atoms with Gasteiger partial charge in [0.1, 0.15) is 0 Å². The summed E-state index contributed by atoms with van der Waals surface area (Å²) in [6.07, 6.45) is 0. The average Bonchev–Trinajstić information content (AvgIpc) is 2.47. The van der Waals surface area contributed by atoms with E-state index < -0.39 is 30.9 Å². The standard InChI is InChI=1S/C11H17BN2O3/c1-10(2)11(3,4)17-12(16-10)8-6-7-9(15)14(5)13-8/h6-7H,1-5H3/i5D3. The van der Waals surface area contributed by atoms with E-state index in [9.17, 15) is 4.79 Å². The molecule has 1 aliphatic heterocycles. The molecule has 0 aromatic carbocycles. The van der Waals surface area contributed by atoms with Gasteiger partial charge in [-0.25, -0.2) is 4.68 Å². The summed E-state index contributed by atoms with van der Waals surface area (Å²) >= 11 is 0. The molecule has 0 spiro atoms. The van der Waals surface area contributed by atoms with Crippen molar-refractivity contribution >= 4 is 12.7 Å². The molecule has 0 atom stereocenters. The first kappa shape index (κ1) is 8.88. The van der Waals surface area contributed by atoms with Gasteiger partial charge in [-0.05, 0) is 33.8 Å². The van der Waals surface area contributed by atoms with Crippen LogP contribution in [0.25, 0.3) is 0 Å². The van der Waals surface area contributed by atoms with Crippen LogP contribution in [-0.4, -0.2) is 28.1 Å². The van der Waals surface area contributed by atoms with Crippen LogP contribution in [0.3, 0.4) is 0 Å². The molecule has 6 heteroatoms. The van der Waals surface area contributed by atoms with Gasteiger partial charge in [-0.1, -0.05) is 0 Å². The number of aromatic nitrogens is 2. The molecule has 0 aliphatic carbocycles. The van der Waals surface area contributed by atoms with Crippen LogP contribution in [0.4, 0.5) is 0 Å². The third-order valence-electron chi connectivity index (χ3n) is 3.32. The maximum atomic E-state index is 11.5. The second-order valence-corrected chi connectivity index (χ2v) is 5.10. The lowest BCUT2D eigenvalue weighted by atomic mass is 9.85. The summed E-state index contributed by atoms with van der Waals surface area (Å²) < 4.78 is 33.9. The molecule has 1 fully saturated rings. The highest BCUT2D eigenvalue weighted by Gasteiger charge is 2.52. The molecule has 0 saturated carbocycles. The largest absolute Gasteiger partial charge is 0.516 e. The zero-order valence-corrected chi connectivity index (χ0v) is 10.4. The number of hydrogen-bond acceptors (Lipinski definition) is 4. The van der Waals surface area contributed by atoms with Crippen molar-refractivity contribution in [2.45, 2.75) is 38.9 Å². The van der Waals surface area contributed by atoms with Gasteiger partial charge in [0.05, 0.1) is 16.8 Å². The Labute approximate surface area is 105 Å². The Morgan fingerprint density at radius 1 is 1.29 bits per heavy atom. The molecule has 0 N–H and O–H groups in total. The van der Waals surface area contributed by atoms with Crippen LogP contribution >= 0.6 is 0 Å². The molecule has 17 heavy (non-hydrogen) atoms. The topological polar surface area (TPSA) is 53.4 Å². The summed E-state index contributed by atoms with van der Waals surface area (Å²) in [5, 5.41) is 3.85. The lowest BCUT2D eigenvalue weighted by Crippen LogP contribution is -2.41. The van der Waals surface area contributed by atoms with E-state index in [0.29, 0.717) is 4.68 Å². The van der Waals surface area contributed by atoms with E-state index in [1.807, 2.05) is 27.7 Å². The quantitative estimate of drug-likeness (QED) is 0.651. The Hall–Kier alpha value is -1.14. The highest BCUT2D eigenvalue weighted by Crippen LogP contribution is 2.36. The van der Waals surface area contributed by atoms with Gasteiger partial charge in [0.15, 0.2) is 0 Å². The molecule has 2 rings (SSSR count). The van der Waals surface area contributed by atoms with Gasteiger partial charge in [0.2, 0.25) is 0 Å². The molecule has 1 aromatic rings. The van der Waals surface area contributed by atoms with Crippen LogP contribution in [0.1, 0.15) is 31.8 Å². The Morgan fingerprint density at radius 3 is 2.41 bits per heavy atom. The van der Waals surface area contributed by atoms with Crippen molar-refractivity contribution < 1.29 is 13.4 Å². The van der Waals surface area contributed by atoms with Gasteiger partial charge in [-0.2, -0.15) is 5.10 Å². The van der Waals surface area contributed by atoms with Gasteiger partial charge in [-0.15, -0.1) is 0 Å². The maximum absolute atomic E-state index is 11.5. The lowest BCUT2D eigenvalue weighted by molar-refractivity contribution is 0.00578. The van der Waals surface area contributed by atoms with Crippen LogP contribution in [-0.2, 0) is 16.3 Å². The third kappa shape index (κ3) is 2.02. The number of nitrogens with zero attached hydrogens (tertiary/aromatic N) is 2. The minimum absolute atomic E-state index is 0.263. The van der Waals surface area contributed by atoms with E-state index in [0.717, 1.165) is 6.07 Å². The third-order valence-corrected chi connectivity index (χ3v) is 3.32. The molecule has 0 unspecified atom stereocenters. The monoisotopic (exact) mass is 239 g/mol. The van der Waals surface area contributed by atoms with Crippen LogP contribution in [0.5, 0.6) is 0 Å². The van der Waals surface area contributed by atoms with Crippen molar-refractivity contribution in [1.29, 1.82) is 0 Å². The number of aryl methyl sites for hydroxylation is 1. The fourth-order valence-corrected chi connectivity index (χ4v) is 1.51. The second-order valence-electron chi connectivity index (χ2n) is 5.10. The van der Waals surface area contributed by atoms with Crippen molar-refractivity contribution in [3.05, 3.63) is 22.5 Å². The van der Waals surface area contributed by atoms with Crippen LogP contribution in [0.2, 0.25) is 0 Å². The number of rotatable bonds is 1. The molecule has 2 heterocycles. The molecule has 92 valence electrons. The first-order valence-corrected chi connectivity index (χ1v) is 5.40. The molecule has 0 radical (unpaired) electrons. The van der Waals surface area contributed by atoms with E-state index >= 15 is 0 Å². The summed E-state index contributed by atoms with van der Waals surface area (Å²) in [6, 6.07) is 2.58. The van der Waals surface area contributed by atoms with Crippen molar-refractivity contribution in [3.8, 4) is 0 Å². The minimum atomic E-state index is -2.63. The summed E-state index contributed by atoms with van der Waals surface area (Å²) in [4.78, 5) is 11.5. The van der Waals surface area contributed by atoms with Crippen molar-refractivity contribution in [2.75, 3.05) is 0 Å². The summed E-state index contributed by atoms with van der Waals surface area (Å²) in [6.45, 7) is 4.90. The smallest absolute Gasteiger partial charge is 0.398 e. The predicted molar refractivity (Wildman–Crippen MR) is 65.2 cm³/mol. The second kappa shape index (κ2) is 3.68. The molecule has 1 saturated heterocycles. The van der Waals surface area contributed by atoms with E-state index in [1.54, 1.807) is 0 Å². The van der Waals surface area contributed by atoms with Gasteiger partial charge in [0.25, 0.3) is 5.56 Å². The lowest BCUT2D eigenvalue weighted by Gasteiger charge is -2.32. The van der Waals surface area contributed by atoms with E-state index in [-0.39, 0.29) is 5.59 Å². The van der Waals surface area contributed by atoms with E-state index in [1.165, 1.54) is 6.07 Å². The Bertz CT molecular complexity index is 567. The molecule has 1 aromatic heterocycles. The van der Waals surface area contributed by atoms with Gasteiger partial charge < -0.3 is 9.31 Å². The average molecular weight is 239 g/mol. The van der Waals surface area contributed by atoms with Crippen molar-refractivity contribution in [3.63, 3.8) is 0 Å². The first-order chi connectivity index (χ1) is 8.94. The SMILES string of the molecule is [2H]C([2H])([2H])n1nc(B2OC(C)(C)C(C)(C)O2)ccc1=O. The van der Waals surface area contributed by atoms with E-state index in [2.05, 4.69) is 5.10 Å². The number of hydrogen-bond donors (Lipinski definition) is 0. The van der Waals surface area contributed by atoms with Crippen molar-refractivity contribution in [1.82, 2.24) is 9.78 Å². The zero-order chi connectivity index (χ0) is 15.3. The molecule has 1 aliphatic rings. The summed E-state index contributed by atoms with van der Waals surface area (Å²) in [7, 11) is -0.797. The highest BCUT2D eigenvalue weighted by atomic mass is 16.7. The molecule has 0 amide bonds. The predicted octanol–water partition coefficient (Wildman–Crippen LogP) is 0.0795.